The summed E-state index contributed by atoms with van der Waals surface area (Å²) in [5.74, 6) is 1.22. The summed E-state index contributed by atoms with van der Waals surface area (Å²) in [6.07, 6.45) is 3.91. The highest BCUT2D eigenvalue weighted by atomic mass is 16.6. The fourth-order valence-corrected chi connectivity index (χ4v) is 2.21. The van der Waals surface area contributed by atoms with Gasteiger partial charge in [-0.2, -0.15) is 0 Å². The van der Waals surface area contributed by atoms with Gasteiger partial charge >= 0.3 is 0 Å². The van der Waals surface area contributed by atoms with Crippen molar-refractivity contribution in [2.75, 3.05) is 18.5 Å². The molecule has 1 fully saturated rings. The zero-order chi connectivity index (χ0) is 13.3. The smallest absolute Gasteiger partial charge is 0.277 e. The fraction of sp³-hybridized carbons (Fsp3) is 0.583. The van der Waals surface area contributed by atoms with Crippen LogP contribution in [-0.2, 0) is 0 Å². The van der Waals surface area contributed by atoms with Crippen LogP contribution in [0, 0.1) is 23.0 Å². The number of aryl methyl sites for hydroxylation is 1. The number of aromatic nitrogens is 1. The Hall–Kier alpha value is -1.69. The molecular weight excluding hydrogens is 232 g/mol. The Kier molecular flexibility index (Phi) is 3.47. The molecule has 98 valence electrons. The summed E-state index contributed by atoms with van der Waals surface area (Å²) in [6, 6.07) is 1.75. The van der Waals surface area contributed by atoms with Crippen molar-refractivity contribution in [3.63, 3.8) is 0 Å². The lowest BCUT2D eigenvalue weighted by atomic mass is 10.1. The summed E-state index contributed by atoms with van der Waals surface area (Å²) in [6.45, 7) is 2.24. The number of pyridine rings is 1. The third-order valence-electron chi connectivity index (χ3n) is 3.52. The second-order valence-electron chi connectivity index (χ2n) is 4.84. The maximum Gasteiger partial charge on any atom is 0.277 e. The summed E-state index contributed by atoms with van der Waals surface area (Å²) in [5, 5.41) is 10.9. The molecule has 18 heavy (non-hydrogen) atoms. The van der Waals surface area contributed by atoms with Gasteiger partial charge in [0, 0.05) is 31.4 Å². The van der Waals surface area contributed by atoms with E-state index in [-0.39, 0.29) is 16.7 Å². The number of hydrogen-bond donors (Lipinski definition) is 1. The minimum Gasteiger partial charge on any atom is -0.355 e. The van der Waals surface area contributed by atoms with Gasteiger partial charge in [-0.25, -0.2) is 4.98 Å². The highest BCUT2D eigenvalue weighted by molar-refractivity contribution is 5.51. The Balaban J connectivity index is 2.26. The molecule has 1 aliphatic carbocycles. The van der Waals surface area contributed by atoms with Crippen molar-refractivity contribution >= 4 is 11.5 Å². The Morgan fingerprint density at radius 3 is 2.83 bits per heavy atom. The van der Waals surface area contributed by atoms with Crippen LogP contribution < -0.4 is 10.6 Å². The van der Waals surface area contributed by atoms with E-state index in [1.807, 2.05) is 11.9 Å². The third-order valence-corrected chi connectivity index (χ3v) is 3.52. The van der Waals surface area contributed by atoms with Crippen LogP contribution in [-0.4, -0.2) is 29.5 Å². The molecule has 0 aromatic carbocycles. The second-order valence-corrected chi connectivity index (χ2v) is 4.84. The molecule has 1 heterocycles. The second kappa shape index (κ2) is 4.89. The summed E-state index contributed by atoms with van der Waals surface area (Å²) >= 11 is 0. The molecule has 0 aliphatic heterocycles. The highest BCUT2D eigenvalue weighted by Crippen LogP contribution is 2.36. The molecule has 1 aromatic heterocycles. The fourth-order valence-electron chi connectivity index (χ4n) is 2.21. The predicted octanol–water partition coefficient (Wildman–Crippen LogP) is 1.47. The molecule has 1 aliphatic rings. The number of nitrogens with two attached hydrogens (primary N) is 1. The van der Waals surface area contributed by atoms with Crippen molar-refractivity contribution < 1.29 is 4.92 Å². The summed E-state index contributed by atoms with van der Waals surface area (Å²) < 4.78 is 0. The molecule has 0 saturated heterocycles. The maximum atomic E-state index is 10.9. The molecule has 6 nitrogen and oxygen atoms in total. The van der Waals surface area contributed by atoms with Gasteiger partial charge in [0.2, 0.25) is 0 Å². The quantitative estimate of drug-likeness (QED) is 0.631. The van der Waals surface area contributed by atoms with Crippen LogP contribution in [0.4, 0.5) is 11.5 Å². The van der Waals surface area contributed by atoms with Gasteiger partial charge in [0.05, 0.1) is 11.0 Å². The van der Waals surface area contributed by atoms with E-state index < -0.39 is 0 Å². The number of nitro groups is 1. The first kappa shape index (κ1) is 12.8. The summed E-state index contributed by atoms with van der Waals surface area (Å²) in [5.41, 5.74) is 6.46. The number of hydrogen-bond acceptors (Lipinski definition) is 5. The van der Waals surface area contributed by atoms with Gasteiger partial charge in [-0.15, -0.1) is 0 Å². The Bertz CT molecular complexity index is 459. The largest absolute Gasteiger partial charge is 0.355 e. The van der Waals surface area contributed by atoms with Crippen LogP contribution in [0.15, 0.2) is 12.3 Å². The molecule has 2 rings (SSSR count). The van der Waals surface area contributed by atoms with Crippen molar-refractivity contribution in [3.05, 3.63) is 27.9 Å². The predicted molar refractivity (Wildman–Crippen MR) is 69.6 cm³/mol. The zero-order valence-electron chi connectivity index (χ0n) is 10.7. The minimum absolute atomic E-state index is 0.110. The van der Waals surface area contributed by atoms with Crippen LogP contribution in [0.5, 0.6) is 0 Å². The molecule has 1 atom stereocenters. The van der Waals surface area contributed by atoms with Crippen LogP contribution in [0.1, 0.15) is 18.4 Å². The molecule has 1 saturated carbocycles. The van der Waals surface area contributed by atoms with Crippen LogP contribution in [0.2, 0.25) is 0 Å². The van der Waals surface area contributed by atoms with E-state index >= 15 is 0 Å². The van der Waals surface area contributed by atoms with Crippen molar-refractivity contribution in [3.8, 4) is 0 Å². The van der Waals surface area contributed by atoms with Crippen molar-refractivity contribution in [2.45, 2.75) is 25.8 Å². The molecule has 0 amide bonds. The number of nitrogens with zero attached hydrogens (tertiary/aromatic N) is 3. The molecular formula is C12H18N4O2. The van der Waals surface area contributed by atoms with E-state index in [4.69, 9.17) is 5.73 Å². The molecule has 1 unspecified atom stereocenters. The van der Waals surface area contributed by atoms with E-state index in [9.17, 15) is 10.1 Å². The van der Waals surface area contributed by atoms with Crippen LogP contribution in [0.25, 0.3) is 0 Å². The topological polar surface area (TPSA) is 85.3 Å². The summed E-state index contributed by atoms with van der Waals surface area (Å²) in [7, 11) is 1.90. The highest BCUT2D eigenvalue weighted by Gasteiger charge is 2.33. The number of anilines is 1. The minimum atomic E-state index is -0.372. The molecule has 1 aromatic rings. The first-order valence-electron chi connectivity index (χ1n) is 6.08. The molecule has 0 spiro atoms. The van der Waals surface area contributed by atoms with Gasteiger partial charge in [-0.05, 0) is 25.7 Å². The average Bonchev–Trinajstić information content (AvgIpc) is 3.14. The van der Waals surface area contributed by atoms with E-state index in [1.54, 1.807) is 13.1 Å². The van der Waals surface area contributed by atoms with Gasteiger partial charge in [-0.1, -0.05) is 0 Å². The number of rotatable bonds is 5. The summed E-state index contributed by atoms with van der Waals surface area (Å²) in [4.78, 5) is 16.8. The third kappa shape index (κ3) is 2.43. The first-order chi connectivity index (χ1) is 8.54. The van der Waals surface area contributed by atoms with E-state index in [2.05, 4.69) is 4.98 Å². The molecule has 6 heteroatoms. The average molecular weight is 250 g/mol. The molecule has 2 N–H and O–H groups in total. The van der Waals surface area contributed by atoms with Gasteiger partial charge in [0.15, 0.2) is 0 Å². The van der Waals surface area contributed by atoms with Gasteiger partial charge in [0.1, 0.15) is 5.82 Å². The van der Waals surface area contributed by atoms with Crippen molar-refractivity contribution in [1.82, 2.24) is 4.98 Å². The van der Waals surface area contributed by atoms with E-state index in [0.717, 1.165) is 0 Å². The Morgan fingerprint density at radius 1 is 1.67 bits per heavy atom. The lowest BCUT2D eigenvalue weighted by Crippen LogP contribution is -2.40. The lowest BCUT2D eigenvalue weighted by Gasteiger charge is -2.28. The molecule has 0 radical (unpaired) electrons. The standard InChI is InChI=1S/C12H18N4O2/c1-8-7-14-12(5-10(8)16(17)18)15(2)11(6-13)9-3-4-9/h5,7,9,11H,3-4,6,13H2,1-2H3. The molecule has 0 bridgehead atoms. The Morgan fingerprint density at radius 2 is 2.33 bits per heavy atom. The Labute approximate surface area is 106 Å². The normalized spacial score (nSPS) is 16.4. The SMILES string of the molecule is Cc1cnc(N(C)C(CN)C2CC2)cc1[N+](=O)[O-]. The van der Waals surface area contributed by atoms with Crippen molar-refractivity contribution in [2.24, 2.45) is 11.7 Å². The van der Waals surface area contributed by atoms with E-state index in [0.29, 0.717) is 23.8 Å². The maximum absolute atomic E-state index is 10.9. The van der Waals surface area contributed by atoms with Gasteiger partial charge < -0.3 is 10.6 Å². The van der Waals surface area contributed by atoms with Gasteiger partial charge in [0.25, 0.3) is 5.69 Å². The number of likely N-dealkylation sites (N-methyl/N-ethyl adjacent to an activating group) is 1. The monoisotopic (exact) mass is 250 g/mol. The van der Waals surface area contributed by atoms with Gasteiger partial charge in [-0.3, -0.25) is 10.1 Å². The van der Waals surface area contributed by atoms with Crippen molar-refractivity contribution in [1.29, 1.82) is 0 Å². The zero-order valence-corrected chi connectivity index (χ0v) is 10.7. The van der Waals surface area contributed by atoms with E-state index in [1.165, 1.54) is 18.9 Å². The van der Waals surface area contributed by atoms with Crippen LogP contribution in [0.3, 0.4) is 0 Å². The first-order valence-corrected chi connectivity index (χ1v) is 6.08. The van der Waals surface area contributed by atoms with Crippen LogP contribution >= 0.6 is 0 Å². The lowest BCUT2D eigenvalue weighted by molar-refractivity contribution is -0.385.